The van der Waals surface area contributed by atoms with Crippen LogP contribution in [0.25, 0.3) is 11.0 Å². The Morgan fingerprint density at radius 2 is 1.92 bits per heavy atom. The number of benzene rings is 2. The zero-order chi connectivity index (χ0) is 18.1. The summed E-state index contributed by atoms with van der Waals surface area (Å²) < 4.78 is 2.80. The molecule has 2 aromatic carbocycles. The van der Waals surface area contributed by atoms with Gasteiger partial charge in [-0.1, -0.05) is 23.7 Å². The number of nitrogens with one attached hydrogen (secondary N) is 1. The second kappa shape index (κ2) is 6.40. The molecular formula is C16H13ClN4O4. The van der Waals surface area contributed by atoms with Gasteiger partial charge in [-0.05, 0) is 24.3 Å². The summed E-state index contributed by atoms with van der Waals surface area (Å²) in [5.74, 6) is -0.477. The molecule has 1 aromatic heterocycles. The van der Waals surface area contributed by atoms with E-state index in [4.69, 9.17) is 11.6 Å². The van der Waals surface area contributed by atoms with Gasteiger partial charge in [-0.2, -0.15) is 0 Å². The van der Waals surface area contributed by atoms with Crippen molar-refractivity contribution in [2.45, 2.75) is 6.54 Å². The van der Waals surface area contributed by atoms with Crippen LogP contribution in [0.3, 0.4) is 0 Å². The lowest BCUT2D eigenvalue weighted by Gasteiger charge is -2.07. The lowest BCUT2D eigenvalue weighted by Crippen LogP contribution is -2.28. The molecule has 1 heterocycles. The zero-order valence-corrected chi connectivity index (χ0v) is 13.9. The van der Waals surface area contributed by atoms with E-state index in [1.54, 1.807) is 31.3 Å². The first-order chi connectivity index (χ1) is 11.9. The maximum absolute atomic E-state index is 12.3. The molecule has 9 heteroatoms. The average molecular weight is 361 g/mol. The summed E-state index contributed by atoms with van der Waals surface area (Å²) in [7, 11) is 1.63. The fraction of sp³-hybridized carbons (Fsp3) is 0.125. The van der Waals surface area contributed by atoms with Crippen LogP contribution in [0.1, 0.15) is 0 Å². The molecule has 0 spiro atoms. The molecule has 128 valence electrons. The maximum Gasteiger partial charge on any atom is 0.329 e. The maximum atomic E-state index is 12.3. The van der Waals surface area contributed by atoms with Gasteiger partial charge in [0.25, 0.3) is 5.69 Å². The van der Waals surface area contributed by atoms with Crippen molar-refractivity contribution >= 4 is 39.9 Å². The highest BCUT2D eigenvalue weighted by Crippen LogP contribution is 2.27. The lowest BCUT2D eigenvalue weighted by molar-refractivity contribution is -0.384. The van der Waals surface area contributed by atoms with Crippen molar-refractivity contribution in [1.82, 2.24) is 9.13 Å². The van der Waals surface area contributed by atoms with E-state index in [9.17, 15) is 19.7 Å². The highest BCUT2D eigenvalue weighted by Gasteiger charge is 2.16. The number of hydrogen-bond donors (Lipinski definition) is 1. The topological polar surface area (TPSA) is 99.2 Å². The highest BCUT2D eigenvalue weighted by molar-refractivity contribution is 6.32. The number of rotatable bonds is 4. The van der Waals surface area contributed by atoms with E-state index in [-0.39, 0.29) is 28.6 Å². The summed E-state index contributed by atoms with van der Waals surface area (Å²) in [6.07, 6.45) is 0. The molecule has 0 saturated heterocycles. The van der Waals surface area contributed by atoms with Crippen molar-refractivity contribution in [3.8, 4) is 0 Å². The van der Waals surface area contributed by atoms with Crippen LogP contribution in [0.5, 0.6) is 0 Å². The van der Waals surface area contributed by atoms with Gasteiger partial charge in [0, 0.05) is 18.8 Å². The Balaban J connectivity index is 1.87. The number of nitro benzene ring substituents is 1. The Kier molecular flexibility index (Phi) is 4.28. The fourth-order valence-electron chi connectivity index (χ4n) is 2.59. The molecule has 0 fully saturated rings. The zero-order valence-electron chi connectivity index (χ0n) is 13.1. The molecule has 1 N–H and O–H groups in total. The van der Waals surface area contributed by atoms with Crippen LogP contribution in [-0.2, 0) is 18.4 Å². The number of para-hydroxylation sites is 2. The molecule has 8 nitrogen and oxygen atoms in total. The molecular weight excluding hydrogens is 348 g/mol. The molecule has 0 bridgehead atoms. The minimum atomic E-state index is -0.632. The van der Waals surface area contributed by atoms with Gasteiger partial charge in [0.05, 0.1) is 16.0 Å². The largest absolute Gasteiger partial charge is 0.329 e. The predicted octanol–water partition coefficient (Wildman–Crippen LogP) is 2.54. The molecule has 3 rings (SSSR count). The number of nitrogens with zero attached hydrogens (tertiary/aromatic N) is 3. The van der Waals surface area contributed by atoms with Gasteiger partial charge in [0.2, 0.25) is 5.91 Å². The lowest BCUT2D eigenvalue weighted by atomic mass is 10.2. The molecule has 0 aliphatic rings. The quantitative estimate of drug-likeness (QED) is 0.570. The second-order valence-electron chi connectivity index (χ2n) is 5.39. The number of aromatic nitrogens is 2. The summed E-state index contributed by atoms with van der Waals surface area (Å²) in [5, 5.41) is 13.4. The van der Waals surface area contributed by atoms with Gasteiger partial charge in [-0.3, -0.25) is 24.0 Å². The summed E-state index contributed by atoms with van der Waals surface area (Å²) in [6, 6.07) is 11.1. The first-order valence-electron chi connectivity index (χ1n) is 7.26. The number of nitro groups is 1. The van der Waals surface area contributed by atoms with Crippen LogP contribution >= 0.6 is 11.6 Å². The summed E-state index contributed by atoms with van der Waals surface area (Å²) in [6.45, 7) is -0.212. The van der Waals surface area contributed by atoms with Gasteiger partial charge in [0.15, 0.2) is 0 Å². The SMILES string of the molecule is Cn1c(=O)n(CC(=O)Nc2ccc(Cl)c([N+](=O)[O-])c2)c2ccccc21. The number of anilines is 1. The van der Waals surface area contributed by atoms with Crippen molar-refractivity contribution in [3.63, 3.8) is 0 Å². The van der Waals surface area contributed by atoms with Crippen LogP contribution in [0.15, 0.2) is 47.3 Å². The third-order valence-corrected chi connectivity index (χ3v) is 4.10. The number of imidazole rings is 1. The predicted molar refractivity (Wildman–Crippen MR) is 93.9 cm³/mol. The monoisotopic (exact) mass is 360 g/mol. The Morgan fingerprint density at radius 3 is 2.60 bits per heavy atom. The smallest absolute Gasteiger partial charge is 0.324 e. The van der Waals surface area contributed by atoms with Crippen molar-refractivity contribution in [3.05, 3.63) is 68.1 Å². The molecule has 0 saturated carbocycles. The van der Waals surface area contributed by atoms with Crippen LogP contribution in [-0.4, -0.2) is 20.0 Å². The van der Waals surface area contributed by atoms with Gasteiger partial charge in [-0.15, -0.1) is 0 Å². The Bertz CT molecular complexity index is 1050. The Hall–Kier alpha value is -3.13. The third kappa shape index (κ3) is 3.11. The number of carbonyl (C=O) groups is 1. The van der Waals surface area contributed by atoms with Gasteiger partial charge < -0.3 is 5.32 Å². The number of amides is 1. The number of carbonyl (C=O) groups excluding carboxylic acids is 1. The van der Waals surface area contributed by atoms with Gasteiger partial charge >= 0.3 is 5.69 Å². The van der Waals surface area contributed by atoms with E-state index in [1.165, 1.54) is 27.3 Å². The Morgan fingerprint density at radius 1 is 1.24 bits per heavy atom. The summed E-state index contributed by atoms with van der Waals surface area (Å²) in [5.41, 5.74) is 0.948. The van der Waals surface area contributed by atoms with Crippen molar-refractivity contribution < 1.29 is 9.72 Å². The van der Waals surface area contributed by atoms with E-state index in [0.717, 1.165) is 0 Å². The molecule has 25 heavy (non-hydrogen) atoms. The van der Waals surface area contributed by atoms with Crippen LogP contribution in [0.4, 0.5) is 11.4 Å². The van der Waals surface area contributed by atoms with E-state index in [1.807, 2.05) is 0 Å². The Labute approximate surface area is 146 Å². The van der Waals surface area contributed by atoms with E-state index < -0.39 is 10.8 Å². The van der Waals surface area contributed by atoms with Crippen molar-refractivity contribution in [1.29, 1.82) is 0 Å². The number of halogens is 1. The summed E-state index contributed by atoms with van der Waals surface area (Å²) >= 11 is 5.74. The van der Waals surface area contributed by atoms with Crippen molar-refractivity contribution in [2.24, 2.45) is 7.05 Å². The number of hydrogen-bond acceptors (Lipinski definition) is 4. The first kappa shape index (κ1) is 16.7. The standard InChI is InChI=1S/C16H13ClN4O4/c1-19-12-4-2-3-5-13(12)20(16(19)23)9-15(22)18-10-6-7-11(17)14(8-10)21(24)25/h2-8H,9H2,1H3,(H,18,22). The van der Waals surface area contributed by atoms with Crippen LogP contribution in [0, 0.1) is 10.1 Å². The number of aryl methyl sites for hydroxylation is 1. The molecule has 0 unspecified atom stereocenters. The van der Waals surface area contributed by atoms with Gasteiger partial charge in [0.1, 0.15) is 11.6 Å². The van der Waals surface area contributed by atoms with E-state index >= 15 is 0 Å². The first-order valence-corrected chi connectivity index (χ1v) is 7.64. The molecule has 3 aromatic rings. The van der Waals surface area contributed by atoms with Crippen LogP contribution < -0.4 is 11.0 Å². The molecule has 0 aliphatic carbocycles. The summed E-state index contributed by atoms with van der Waals surface area (Å²) in [4.78, 5) is 34.8. The molecule has 0 radical (unpaired) electrons. The normalized spacial score (nSPS) is 10.8. The van der Waals surface area contributed by atoms with E-state index in [2.05, 4.69) is 5.32 Å². The van der Waals surface area contributed by atoms with E-state index in [0.29, 0.717) is 11.0 Å². The van der Waals surface area contributed by atoms with Crippen molar-refractivity contribution in [2.75, 3.05) is 5.32 Å². The molecule has 0 aliphatic heterocycles. The fourth-order valence-corrected chi connectivity index (χ4v) is 2.78. The minimum Gasteiger partial charge on any atom is -0.324 e. The van der Waals surface area contributed by atoms with Crippen LogP contribution in [0.2, 0.25) is 5.02 Å². The molecule has 1 amide bonds. The third-order valence-electron chi connectivity index (χ3n) is 3.78. The highest BCUT2D eigenvalue weighted by atomic mass is 35.5. The minimum absolute atomic E-state index is 0.0201. The second-order valence-corrected chi connectivity index (χ2v) is 5.80. The van der Waals surface area contributed by atoms with Gasteiger partial charge in [-0.25, -0.2) is 4.79 Å². The number of fused-ring (bicyclic) bond motifs is 1. The molecule has 0 atom stereocenters. The average Bonchev–Trinajstić information content (AvgIpc) is 2.82.